The van der Waals surface area contributed by atoms with Crippen molar-refractivity contribution in [3.05, 3.63) is 35.9 Å². The molecule has 126 valence electrons. The number of rotatable bonds is 5. The smallest absolute Gasteiger partial charge is 0.246 e. The number of imidazole rings is 1. The highest BCUT2D eigenvalue weighted by Gasteiger charge is 2.16. The third kappa shape index (κ3) is 3.09. The normalized spacial score (nSPS) is 14.5. The van der Waals surface area contributed by atoms with Crippen LogP contribution in [0, 0.1) is 0 Å². The van der Waals surface area contributed by atoms with E-state index >= 15 is 0 Å². The molecule has 1 aliphatic rings. The zero-order valence-corrected chi connectivity index (χ0v) is 14.3. The van der Waals surface area contributed by atoms with Gasteiger partial charge in [-0.25, -0.2) is 4.98 Å². The summed E-state index contributed by atoms with van der Waals surface area (Å²) in [6.45, 7) is 3.31. The van der Waals surface area contributed by atoms with E-state index in [9.17, 15) is 0 Å². The fraction of sp³-hybridized carbons (Fsp3) is 0.467. The third-order valence-electron chi connectivity index (χ3n) is 3.93. The summed E-state index contributed by atoms with van der Waals surface area (Å²) < 4.78 is 9.38. The number of hydrogen-bond acceptors (Lipinski definition) is 7. The predicted octanol–water partition coefficient (Wildman–Crippen LogP) is 1.53. The highest BCUT2D eigenvalue weighted by atomic mass is 32.2. The number of thioether (sulfide) groups is 1. The van der Waals surface area contributed by atoms with Gasteiger partial charge in [-0.1, -0.05) is 5.16 Å². The molecule has 1 aliphatic heterocycles. The van der Waals surface area contributed by atoms with E-state index in [1.807, 2.05) is 17.0 Å². The van der Waals surface area contributed by atoms with E-state index in [-0.39, 0.29) is 0 Å². The number of aromatic nitrogens is 6. The Labute approximate surface area is 143 Å². The molecule has 3 aromatic heterocycles. The molecule has 0 spiro atoms. The van der Waals surface area contributed by atoms with E-state index in [1.165, 1.54) is 5.69 Å². The van der Waals surface area contributed by atoms with Crippen molar-refractivity contribution in [3.63, 3.8) is 0 Å². The highest BCUT2D eigenvalue weighted by molar-refractivity contribution is 7.97. The van der Waals surface area contributed by atoms with Gasteiger partial charge in [0.15, 0.2) is 11.6 Å². The summed E-state index contributed by atoms with van der Waals surface area (Å²) >= 11 is 1.67. The van der Waals surface area contributed by atoms with Gasteiger partial charge in [0.2, 0.25) is 5.89 Å². The monoisotopic (exact) mass is 345 g/mol. The van der Waals surface area contributed by atoms with Crippen molar-refractivity contribution in [2.24, 2.45) is 0 Å². The molecule has 0 fully saturated rings. The van der Waals surface area contributed by atoms with Gasteiger partial charge in [0.25, 0.3) is 0 Å². The molecule has 24 heavy (non-hydrogen) atoms. The van der Waals surface area contributed by atoms with Gasteiger partial charge in [-0.2, -0.15) is 21.8 Å². The van der Waals surface area contributed by atoms with Crippen LogP contribution in [0.3, 0.4) is 0 Å². The van der Waals surface area contributed by atoms with Crippen LogP contribution in [0.4, 0.5) is 0 Å². The molecule has 0 aliphatic carbocycles. The van der Waals surface area contributed by atoms with Crippen molar-refractivity contribution >= 4 is 11.8 Å². The molecule has 4 heterocycles. The Balaban J connectivity index is 1.58. The first kappa shape index (κ1) is 15.4. The molecule has 0 saturated heterocycles. The van der Waals surface area contributed by atoms with Crippen molar-refractivity contribution in [2.75, 3.05) is 12.8 Å². The molecule has 0 amide bonds. The molecule has 0 radical (unpaired) electrons. The van der Waals surface area contributed by atoms with E-state index in [2.05, 4.69) is 31.2 Å². The minimum Gasteiger partial charge on any atom is -0.337 e. The predicted molar refractivity (Wildman–Crippen MR) is 90.4 cm³/mol. The second-order valence-corrected chi connectivity index (χ2v) is 6.56. The van der Waals surface area contributed by atoms with Gasteiger partial charge in [-0.3, -0.25) is 4.68 Å². The van der Waals surface area contributed by atoms with Crippen LogP contribution in [-0.2, 0) is 25.4 Å². The Morgan fingerprint density at radius 1 is 1.42 bits per heavy atom. The third-order valence-corrected chi connectivity index (χ3v) is 4.47. The van der Waals surface area contributed by atoms with Gasteiger partial charge in [-0.05, 0) is 25.3 Å². The van der Waals surface area contributed by atoms with Gasteiger partial charge < -0.3 is 14.4 Å². The summed E-state index contributed by atoms with van der Waals surface area (Å²) in [6.07, 6.45) is 6.79. The number of nitrogens with zero attached hydrogens (tertiary/aromatic N) is 6. The maximum Gasteiger partial charge on any atom is 0.246 e. The van der Waals surface area contributed by atoms with E-state index in [4.69, 9.17) is 9.62 Å². The minimum atomic E-state index is 0.497. The van der Waals surface area contributed by atoms with Crippen LogP contribution in [0.25, 0.3) is 11.5 Å². The van der Waals surface area contributed by atoms with E-state index < -0.39 is 0 Å². The standard InChI is InChI=1S/C15H19N7OS/c1-24-10-13-18-14(23-20-13)9-21-6-4-17-15(21)12-7-11-8-16-3-2-5-22(11)19-12/h4,6-7,16H,2-3,5,8-10H2,1H3. The molecule has 0 unspecified atom stereocenters. The molecule has 1 N–H and O–H groups in total. The average Bonchev–Trinajstić information content (AvgIpc) is 3.27. The molecule has 9 heteroatoms. The van der Waals surface area contributed by atoms with Crippen molar-refractivity contribution in [1.82, 2.24) is 34.8 Å². The summed E-state index contributed by atoms with van der Waals surface area (Å²) in [6, 6.07) is 2.10. The van der Waals surface area contributed by atoms with Gasteiger partial charge >= 0.3 is 0 Å². The van der Waals surface area contributed by atoms with E-state index in [0.717, 1.165) is 49.2 Å². The Hall–Kier alpha value is -2.13. The summed E-state index contributed by atoms with van der Waals surface area (Å²) in [5.41, 5.74) is 2.07. The molecular weight excluding hydrogens is 326 g/mol. The second-order valence-electron chi connectivity index (χ2n) is 5.69. The Bertz CT molecular complexity index is 798. The molecule has 0 saturated carbocycles. The summed E-state index contributed by atoms with van der Waals surface area (Å²) in [7, 11) is 0. The number of fused-ring (bicyclic) bond motifs is 1. The highest BCUT2D eigenvalue weighted by Crippen LogP contribution is 2.20. The topological polar surface area (TPSA) is 86.6 Å². The molecule has 0 aromatic carbocycles. The SMILES string of the molecule is CSCc1noc(Cn2ccnc2-c2cc3n(n2)CCCNC3)n1. The van der Waals surface area contributed by atoms with Crippen molar-refractivity contribution in [1.29, 1.82) is 0 Å². The average molecular weight is 345 g/mol. The second kappa shape index (κ2) is 6.78. The lowest BCUT2D eigenvalue weighted by molar-refractivity contribution is 0.368. The van der Waals surface area contributed by atoms with E-state index in [1.54, 1.807) is 18.0 Å². The zero-order chi connectivity index (χ0) is 16.4. The Kier molecular flexibility index (Phi) is 4.35. The quantitative estimate of drug-likeness (QED) is 0.750. The van der Waals surface area contributed by atoms with Crippen LogP contribution in [0.5, 0.6) is 0 Å². The van der Waals surface area contributed by atoms with Crippen LogP contribution in [-0.4, -0.2) is 42.3 Å². The molecule has 0 bridgehead atoms. The minimum absolute atomic E-state index is 0.497. The van der Waals surface area contributed by atoms with Crippen LogP contribution >= 0.6 is 11.8 Å². The lowest BCUT2D eigenvalue weighted by atomic mass is 10.3. The summed E-state index contributed by atoms with van der Waals surface area (Å²) in [4.78, 5) is 8.87. The fourth-order valence-corrected chi connectivity index (χ4v) is 3.20. The van der Waals surface area contributed by atoms with Crippen molar-refractivity contribution < 1.29 is 4.52 Å². The van der Waals surface area contributed by atoms with Crippen molar-refractivity contribution in [3.8, 4) is 11.5 Å². The molecule has 8 nitrogen and oxygen atoms in total. The lowest BCUT2D eigenvalue weighted by Gasteiger charge is -2.02. The van der Waals surface area contributed by atoms with Crippen LogP contribution in [0.15, 0.2) is 23.0 Å². The zero-order valence-electron chi connectivity index (χ0n) is 13.5. The van der Waals surface area contributed by atoms with Crippen molar-refractivity contribution in [2.45, 2.75) is 31.8 Å². The number of nitrogens with one attached hydrogen (secondary N) is 1. The first-order valence-electron chi connectivity index (χ1n) is 7.93. The maximum atomic E-state index is 5.32. The summed E-state index contributed by atoms with van der Waals surface area (Å²) in [5, 5.41) is 12.1. The molecule has 0 atom stereocenters. The first-order valence-corrected chi connectivity index (χ1v) is 9.32. The van der Waals surface area contributed by atoms with Crippen LogP contribution in [0.2, 0.25) is 0 Å². The first-order chi connectivity index (χ1) is 11.8. The summed E-state index contributed by atoms with van der Waals surface area (Å²) in [5.74, 6) is 2.88. The fourth-order valence-electron chi connectivity index (χ4n) is 2.83. The maximum absolute atomic E-state index is 5.32. The Morgan fingerprint density at radius 3 is 3.29 bits per heavy atom. The molecular formula is C15H19N7OS. The van der Waals surface area contributed by atoms with Gasteiger partial charge in [0.1, 0.15) is 12.2 Å². The largest absolute Gasteiger partial charge is 0.337 e. The molecule has 3 aromatic rings. The van der Waals surface area contributed by atoms with Gasteiger partial charge in [0, 0.05) is 25.5 Å². The van der Waals surface area contributed by atoms with Gasteiger partial charge in [0.05, 0.1) is 11.4 Å². The van der Waals surface area contributed by atoms with Crippen LogP contribution in [0.1, 0.15) is 23.8 Å². The van der Waals surface area contributed by atoms with E-state index in [0.29, 0.717) is 12.4 Å². The lowest BCUT2D eigenvalue weighted by Crippen LogP contribution is -2.11. The number of aryl methyl sites for hydroxylation is 1. The molecule has 4 rings (SSSR count). The van der Waals surface area contributed by atoms with Gasteiger partial charge in [-0.15, -0.1) is 0 Å². The Morgan fingerprint density at radius 2 is 2.38 bits per heavy atom. The number of hydrogen-bond donors (Lipinski definition) is 1. The van der Waals surface area contributed by atoms with Crippen LogP contribution < -0.4 is 5.32 Å².